The molecule has 0 N–H and O–H groups in total. The molecule has 1 rings (SSSR count). The molecule has 0 spiro atoms. The van der Waals surface area contributed by atoms with Crippen LogP contribution in [-0.2, 0) is 11.3 Å². The van der Waals surface area contributed by atoms with Gasteiger partial charge in [0.05, 0.1) is 6.10 Å². The molecule has 0 aliphatic carbocycles. The lowest BCUT2D eigenvalue weighted by Crippen LogP contribution is -2.11. The van der Waals surface area contributed by atoms with Crippen LogP contribution in [0, 0.1) is 0 Å². The third kappa shape index (κ3) is 3.92. The van der Waals surface area contributed by atoms with Gasteiger partial charge in [-0.3, -0.25) is 4.68 Å². The molecule has 1 unspecified atom stereocenters. The number of methoxy groups -OCH3 is 1. The molecule has 0 aliphatic rings. The predicted octanol–water partition coefficient (Wildman–Crippen LogP) is 2.48. The Labute approximate surface area is 86.1 Å². The van der Waals surface area contributed by atoms with E-state index in [0.29, 0.717) is 6.10 Å². The molecule has 0 aliphatic heterocycles. The summed E-state index contributed by atoms with van der Waals surface area (Å²) in [6.45, 7) is 3.19. The fraction of sp³-hybridized carbons (Fsp3) is 0.727. The Morgan fingerprint density at radius 1 is 1.43 bits per heavy atom. The standard InChI is InChI=1S/C11H20N2O/c1-3-6-11(14-2)7-4-9-13-10-5-8-12-13/h5,8,10-11H,3-4,6-7,9H2,1-2H3. The lowest BCUT2D eigenvalue weighted by molar-refractivity contribution is 0.0843. The summed E-state index contributed by atoms with van der Waals surface area (Å²) in [6.07, 6.45) is 8.87. The van der Waals surface area contributed by atoms with Crippen molar-refractivity contribution in [1.29, 1.82) is 0 Å². The van der Waals surface area contributed by atoms with Gasteiger partial charge in [0.25, 0.3) is 0 Å². The van der Waals surface area contributed by atoms with Crippen molar-refractivity contribution < 1.29 is 4.74 Å². The number of aromatic nitrogens is 2. The van der Waals surface area contributed by atoms with Gasteiger partial charge in [-0.25, -0.2) is 0 Å². The van der Waals surface area contributed by atoms with Crippen molar-refractivity contribution >= 4 is 0 Å². The van der Waals surface area contributed by atoms with Gasteiger partial charge in [-0.15, -0.1) is 0 Å². The Hall–Kier alpha value is -0.830. The molecule has 80 valence electrons. The summed E-state index contributed by atoms with van der Waals surface area (Å²) in [5.74, 6) is 0. The molecule has 0 aromatic carbocycles. The van der Waals surface area contributed by atoms with Gasteiger partial charge in [0, 0.05) is 26.0 Å². The van der Waals surface area contributed by atoms with E-state index < -0.39 is 0 Å². The van der Waals surface area contributed by atoms with E-state index in [1.54, 1.807) is 7.11 Å². The summed E-state index contributed by atoms with van der Waals surface area (Å²) < 4.78 is 7.35. The quantitative estimate of drug-likeness (QED) is 0.670. The molecule has 14 heavy (non-hydrogen) atoms. The zero-order valence-corrected chi connectivity index (χ0v) is 9.15. The van der Waals surface area contributed by atoms with Gasteiger partial charge in [0.2, 0.25) is 0 Å². The van der Waals surface area contributed by atoms with Crippen LogP contribution in [0.4, 0.5) is 0 Å². The normalized spacial score (nSPS) is 13.0. The molecule has 1 aromatic heterocycles. The molecule has 1 heterocycles. The summed E-state index contributed by atoms with van der Waals surface area (Å²) in [5.41, 5.74) is 0. The Morgan fingerprint density at radius 2 is 2.29 bits per heavy atom. The number of aryl methyl sites for hydroxylation is 1. The highest BCUT2D eigenvalue weighted by atomic mass is 16.5. The van der Waals surface area contributed by atoms with Crippen molar-refractivity contribution in [2.45, 2.75) is 45.3 Å². The summed E-state index contributed by atoms with van der Waals surface area (Å²) in [6, 6.07) is 1.96. The van der Waals surface area contributed by atoms with E-state index in [9.17, 15) is 0 Å². The van der Waals surface area contributed by atoms with Gasteiger partial charge in [-0.2, -0.15) is 5.10 Å². The number of hydrogen-bond acceptors (Lipinski definition) is 2. The molecule has 0 amide bonds. The maximum atomic E-state index is 5.38. The third-order valence-corrected chi connectivity index (χ3v) is 2.42. The van der Waals surface area contributed by atoms with E-state index >= 15 is 0 Å². The zero-order chi connectivity index (χ0) is 10.2. The molecule has 3 nitrogen and oxygen atoms in total. The van der Waals surface area contributed by atoms with Crippen molar-refractivity contribution in [2.75, 3.05) is 7.11 Å². The predicted molar refractivity (Wildman–Crippen MR) is 57.2 cm³/mol. The van der Waals surface area contributed by atoms with Crippen LogP contribution in [0.3, 0.4) is 0 Å². The first-order valence-corrected chi connectivity index (χ1v) is 5.37. The Kier molecular flexibility index (Phi) is 5.30. The van der Waals surface area contributed by atoms with Gasteiger partial charge in [0.1, 0.15) is 0 Å². The molecule has 0 fully saturated rings. The van der Waals surface area contributed by atoms with Crippen molar-refractivity contribution in [1.82, 2.24) is 9.78 Å². The van der Waals surface area contributed by atoms with Crippen LogP contribution in [0.1, 0.15) is 32.6 Å². The lowest BCUT2D eigenvalue weighted by atomic mass is 10.1. The average Bonchev–Trinajstić information content (AvgIpc) is 2.69. The third-order valence-electron chi connectivity index (χ3n) is 2.42. The minimum Gasteiger partial charge on any atom is -0.381 e. The first-order chi connectivity index (χ1) is 6.86. The van der Waals surface area contributed by atoms with Gasteiger partial charge in [0.15, 0.2) is 0 Å². The van der Waals surface area contributed by atoms with Crippen molar-refractivity contribution in [3.05, 3.63) is 18.5 Å². The molecule has 0 radical (unpaired) electrons. The van der Waals surface area contributed by atoms with E-state index in [0.717, 1.165) is 25.8 Å². The summed E-state index contributed by atoms with van der Waals surface area (Å²) in [4.78, 5) is 0. The van der Waals surface area contributed by atoms with Crippen LogP contribution in [-0.4, -0.2) is 23.0 Å². The van der Waals surface area contributed by atoms with Gasteiger partial charge in [-0.1, -0.05) is 13.3 Å². The maximum absolute atomic E-state index is 5.38. The first kappa shape index (κ1) is 11.2. The maximum Gasteiger partial charge on any atom is 0.0572 e. The van der Waals surface area contributed by atoms with Crippen LogP contribution < -0.4 is 0 Å². The van der Waals surface area contributed by atoms with Crippen LogP contribution in [0.15, 0.2) is 18.5 Å². The molecule has 0 saturated heterocycles. The van der Waals surface area contributed by atoms with Crippen LogP contribution in [0.25, 0.3) is 0 Å². The number of rotatable bonds is 7. The smallest absolute Gasteiger partial charge is 0.0572 e. The largest absolute Gasteiger partial charge is 0.381 e. The fourth-order valence-electron chi connectivity index (χ4n) is 1.62. The molecule has 1 aromatic rings. The Morgan fingerprint density at radius 3 is 2.86 bits per heavy atom. The second-order valence-corrected chi connectivity index (χ2v) is 3.56. The average molecular weight is 196 g/mol. The van der Waals surface area contributed by atoms with Crippen molar-refractivity contribution in [3.63, 3.8) is 0 Å². The minimum absolute atomic E-state index is 0.426. The molecule has 0 saturated carbocycles. The highest BCUT2D eigenvalue weighted by Gasteiger charge is 2.05. The Bertz CT molecular complexity index is 221. The topological polar surface area (TPSA) is 27.1 Å². The number of ether oxygens (including phenoxy) is 1. The van der Waals surface area contributed by atoms with Gasteiger partial charge in [-0.05, 0) is 25.3 Å². The Balaban J connectivity index is 2.13. The lowest BCUT2D eigenvalue weighted by Gasteiger charge is -2.13. The summed E-state index contributed by atoms with van der Waals surface area (Å²) in [7, 11) is 1.80. The molecular formula is C11H20N2O. The first-order valence-electron chi connectivity index (χ1n) is 5.37. The SMILES string of the molecule is CCCC(CCCn1cccn1)OC. The van der Waals surface area contributed by atoms with Gasteiger partial charge >= 0.3 is 0 Å². The zero-order valence-electron chi connectivity index (χ0n) is 9.15. The van der Waals surface area contributed by atoms with Crippen LogP contribution in [0.2, 0.25) is 0 Å². The van der Waals surface area contributed by atoms with E-state index in [1.165, 1.54) is 6.42 Å². The van der Waals surface area contributed by atoms with E-state index in [2.05, 4.69) is 12.0 Å². The van der Waals surface area contributed by atoms with E-state index in [-0.39, 0.29) is 0 Å². The number of nitrogens with zero attached hydrogens (tertiary/aromatic N) is 2. The molecule has 1 atom stereocenters. The van der Waals surface area contributed by atoms with Crippen molar-refractivity contribution in [3.8, 4) is 0 Å². The monoisotopic (exact) mass is 196 g/mol. The number of hydrogen-bond donors (Lipinski definition) is 0. The van der Waals surface area contributed by atoms with Crippen LogP contribution in [0.5, 0.6) is 0 Å². The molecule has 3 heteroatoms. The second-order valence-electron chi connectivity index (χ2n) is 3.56. The van der Waals surface area contributed by atoms with Crippen LogP contribution >= 0.6 is 0 Å². The van der Waals surface area contributed by atoms with E-state index in [1.807, 2.05) is 23.1 Å². The summed E-state index contributed by atoms with van der Waals surface area (Å²) in [5, 5.41) is 4.16. The molecular weight excluding hydrogens is 176 g/mol. The highest BCUT2D eigenvalue weighted by molar-refractivity contribution is 4.77. The minimum atomic E-state index is 0.426. The molecule has 0 bridgehead atoms. The van der Waals surface area contributed by atoms with Gasteiger partial charge < -0.3 is 4.74 Å². The highest BCUT2D eigenvalue weighted by Crippen LogP contribution is 2.08. The second kappa shape index (κ2) is 6.60. The van der Waals surface area contributed by atoms with E-state index in [4.69, 9.17) is 4.74 Å². The summed E-state index contributed by atoms with van der Waals surface area (Å²) >= 11 is 0. The van der Waals surface area contributed by atoms with Crippen molar-refractivity contribution in [2.24, 2.45) is 0 Å². The fourth-order valence-corrected chi connectivity index (χ4v) is 1.62.